The molecule has 0 radical (unpaired) electrons. The van der Waals surface area contributed by atoms with Crippen LogP contribution >= 0.6 is 11.3 Å². The molecular formula is C63H43NS. The largest absolute Gasteiger partial charge is 0.310 e. The van der Waals surface area contributed by atoms with Gasteiger partial charge in [0.2, 0.25) is 0 Å². The van der Waals surface area contributed by atoms with Crippen LogP contribution in [0.1, 0.15) is 25.0 Å². The zero-order valence-electron chi connectivity index (χ0n) is 36.2. The molecule has 0 saturated carbocycles. The van der Waals surface area contributed by atoms with Crippen molar-refractivity contribution in [3.8, 4) is 44.5 Å². The predicted octanol–water partition coefficient (Wildman–Crippen LogP) is 18.3. The molecule has 0 N–H and O–H groups in total. The second kappa shape index (κ2) is 14.6. The first kappa shape index (κ1) is 37.7. The molecule has 0 unspecified atom stereocenters. The van der Waals surface area contributed by atoms with Crippen molar-refractivity contribution in [2.24, 2.45) is 0 Å². The Balaban J connectivity index is 1.10. The lowest BCUT2D eigenvalue weighted by molar-refractivity contribution is 0.661. The normalized spacial score (nSPS) is 12.9. The van der Waals surface area contributed by atoms with Crippen molar-refractivity contribution in [3.05, 3.63) is 236 Å². The lowest BCUT2D eigenvalue weighted by Crippen LogP contribution is -2.17. The predicted molar refractivity (Wildman–Crippen MR) is 280 cm³/mol. The molecule has 1 aliphatic carbocycles. The molecule has 1 heterocycles. The summed E-state index contributed by atoms with van der Waals surface area (Å²) in [6.07, 6.45) is 0. The van der Waals surface area contributed by atoms with Gasteiger partial charge in [-0.3, -0.25) is 0 Å². The minimum absolute atomic E-state index is 0.202. The van der Waals surface area contributed by atoms with Gasteiger partial charge in [-0.15, -0.1) is 11.3 Å². The van der Waals surface area contributed by atoms with E-state index in [1.165, 1.54) is 108 Å². The Labute approximate surface area is 383 Å². The van der Waals surface area contributed by atoms with Gasteiger partial charge in [0.1, 0.15) is 0 Å². The summed E-state index contributed by atoms with van der Waals surface area (Å²) in [6, 6.07) is 83.7. The second-order valence-electron chi connectivity index (χ2n) is 18.0. The van der Waals surface area contributed by atoms with Crippen LogP contribution in [-0.2, 0) is 5.41 Å². The average molecular weight is 846 g/mol. The second-order valence-corrected chi connectivity index (χ2v) is 19.1. The Morgan fingerprint density at radius 2 is 0.938 bits per heavy atom. The van der Waals surface area contributed by atoms with Crippen molar-refractivity contribution >= 4 is 80.9 Å². The quantitative estimate of drug-likeness (QED) is 0.151. The van der Waals surface area contributed by atoms with Crippen molar-refractivity contribution in [1.82, 2.24) is 0 Å². The Kier molecular flexibility index (Phi) is 8.50. The average Bonchev–Trinajstić information content (AvgIpc) is 3.84. The maximum absolute atomic E-state index is 2.52. The number of rotatable bonds is 6. The summed E-state index contributed by atoms with van der Waals surface area (Å²) in [6.45, 7) is 4.79. The van der Waals surface area contributed by atoms with Crippen molar-refractivity contribution in [2.75, 3.05) is 4.90 Å². The summed E-state index contributed by atoms with van der Waals surface area (Å²) < 4.78 is 2.61. The number of fused-ring (bicyclic) bond motifs is 10. The molecule has 0 atom stereocenters. The molecule has 0 saturated heterocycles. The smallest absolute Gasteiger partial charge is 0.0546 e. The fourth-order valence-corrected chi connectivity index (χ4v) is 12.0. The van der Waals surface area contributed by atoms with Crippen molar-refractivity contribution in [3.63, 3.8) is 0 Å². The molecule has 0 bridgehead atoms. The van der Waals surface area contributed by atoms with Crippen LogP contribution in [0.5, 0.6) is 0 Å². The van der Waals surface area contributed by atoms with Crippen LogP contribution < -0.4 is 4.90 Å². The van der Waals surface area contributed by atoms with E-state index >= 15 is 0 Å². The SMILES string of the molecule is CC1(C)c2cc(N(c3ccc(-c4ccccc4)cc3)c3cccc(-c4ccc5c(c4)sc4ccccc45)c3-c3cc4ccccc4c4ccccc34)ccc2-c2cc3ccccc3cc21. The summed E-state index contributed by atoms with van der Waals surface area (Å²) in [5.74, 6) is 0. The van der Waals surface area contributed by atoms with E-state index in [0.717, 1.165) is 17.1 Å². The minimum atomic E-state index is -0.202. The third kappa shape index (κ3) is 5.98. The molecular weight excluding hydrogens is 803 g/mol. The van der Waals surface area contributed by atoms with Gasteiger partial charge in [-0.1, -0.05) is 178 Å². The molecule has 0 spiro atoms. The van der Waals surface area contributed by atoms with Crippen molar-refractivity contribution < 1.29 is 0 Å². The highest BCUT2D eigenvalue weighted by Gasteiger charge is 2.37. The molecule has 1 nitrogen and oxygen atoms in total. The Morgan fingerprint density at radius 1 is 0.338 bits per heavy atom. The highest BCUT2D eigenvalue weighted by Crippen LogP contribution is 2.54. The standard InChI is InChI=1S/C63H43NS/c1-63(2)57-37-43-18-7-6-17-42(43)35-55(57)52-34-32-47(39-58(52)63)64(46-30-27-41(28-31-46)40-15-4-3-5-16-40)59-25-14-24-49(45-29-33-54-53-23-12-13-26-60(53)65-61(54)38-45)62(59)56-36-44-19-8-9-20-48(44)50-21-10-11-22-51(50)56/h3-39H,1-2H3. The first-order valence-corrected chi connectivity index (χ1v) is 23.4. The Bertz CT molecular complexity index is 3860. The summed E-state index contributed by atoms with van der Waals surface area (Å²) in [5.41, 5.74) is 15.7. The topological polar surface area (TPSA) is 3.24 Å². The van der Waals surface area contributed by atoms with Crippen LogP contribution in [-0.4, -0.2) is 0 Å². The number of hydrogen-bond donors (Lipinski definition) is 0. The molecule has 0 aliphatic heterocycles. The van der Waals surface area contributed by atoms with E-state index in [1.807, 2.05) is 11.3 Å². The Hall–Kier alpha value is -7.78. The summed E-state index contributed by atoms with van der Waals surface area (Å²) in [4.78, 5) is 2.52. The first-order valence-electron chi connectivity index (χ1n) is 22.6. The Morgan fingerprint density at radius 3 is 1.75 bits per heavy atom. The van der Waals surface area contributed by atoms with E-state index < -0.39 is 0 Å². The first-order chi connectivity index (χ1) is 32.0. The minimum Gasteiger partial charge on any atom is -0.310 e. The van der Waals surface area contributed by atoms with Gasteiger partial charge < -0.3 is 4.90 Å². The summed E-state index contributed by atoms with van der Waals surface area (Å²) in [7, 11) is 0. The molecule has 306 valence electrons. The van der Waals surface area contributed by atoms with Crippen LogP contribution in [0, 0.1) is 0 Å². The van der Waals surface area contributed by atoms with Gasteiger partial charge >= 0.3 is 0 Å². The van der Waals surface area contributed by atoms with Crippen LogP contribution in [0.2, 0.25) is 0 Å². The molecule has 1 aromatic heterocycles. The maximum Gasteiger partial charge on any atom is 0.0546 e. The molecule has 1 aliphatic rings. The van der Waals surface area contributed by atoms with E-state index in [0.29, 0.717) is 0 Å². The van der Waals surface area contributed by atoms with Gasteiger partial charge in [0.05, 0.1) is 5.69 Å². The number of nitrogens with zero attached hydrogens (tertiary/aromatic N) is 1. The fraction of sp³-hybridized carbons (Fsp3) is 0.0476. The van der Waals surface area contributed by atoms with E-state index in [9.17, 15) is 0 Å². The number of anilines is 3. The highest BCUT2D eigenvalue weighted by molar-refractivity contribution is 7.25. The van der Waals surface area contributed by atoms with Crippen molar-refractivity contribution in [1.29, 1.82) is 0 Å². The van der Waals surface area contributed by atoms with Gasteiger partial charge in [0.25, 0.3) is 0 Å². The molecule has 0 amide bonds. The summed E-state index contributed by atoms with van der Waals surface area (Å²) >= 11 is 1.88. The molecule has 2 heteroatoms. The summed E-state index contributed by atoms with van der Waals surface area (Å²) in [5, 5.41) is 10.2. The fourth-order valence-electron chi connectivity index (χ4n) is 10.8. The van der Waals surface area contributed by atoms with Gasteiger partial charge in [0.15, 0.2) is 0 Å². The number of thiophene rings is 1. The zero-order chi connectivity index (χ0) is 43.2. The third-order valence-corrected chi connectivity index (χ3v) is 15.2. The van der Waals surface area contributed by atoms with E-state index in [1.54, 1.807) is 0 Å². The van der Waals surface area contributed by atoms with E-state index in [4.69, 9.17) is 0 Å². The zero-order valence-corrected chi connectivity index (χ0v) is 37.0. The highest BCUT2D eigenvalue weighted by atomic mass is 32.1. The van der Waals surface area contributed by atoms with E-state index in [-0.39, 0.29) is 5.41 Å². The van der Waals surface area contributed by atoms with Crippen LogP contribution in [0.25, 0.3) is 97.0 Å². The van der Waals surface area contributed by atoms with Gasteiger partial charge in [-0.25, -0.2) is 0 Å². The monoisotopic (exact) mass is 845 g/mol. The number of hydrogen-bond acceptors (Lipinski definition) is 2. The van der Waals surface area contributed by atoms with E-state index in [2.05, 4.69) is 243 Å². The molecule has 12 aromatic rings. The molecule has 0 fully saturated rings. The molecule has 11 aromatic carbocycles. The molecule has 65 heavy (non-hydrogen) atoms. The van der Waals surface area contributed by atoms with Crippen molar-refractivity contribution in [2.45, 2.75) is 19.3 Å². The number of benzene rings is 11. The maximum atomic E-state index is 2.52. The van der Waals surface area contributed by atoms with Crippen LogP contribution in [0.3, 0.4) is 0 Å². The lowest BCUT2D eigenvalue weighted by Gasteiger charge is -2.31. The van der Waals surface area contributed by atoms with Crippen LogP contribution in [0.4, 0.5) is 17.1 Å². The van der Waals surface area contributed by atoms with Gasteiger partial charge in [-0.2, -0.15) is 0 Å². The third-order valence-electron chi connectivity index (χ3n) is 14.0. The van der Waals surface area contributed by atoms with Gasteiger partial charge in [-0.05, 0) is 143 Å². The van der Waals surface area contributed by atoms with Crippen LogP contribution in [0.15, 0.2) is 224 Å². The molecule has 13 rings (SSSR count). The lowest BCUT2D eigenvalue weighted by atomic mass is 9.81. The van der Waals surface area contributed by atoms with Gasteiger partial charge in [0, 0.05) is 42.5 Å².